The lowest BCUT2D eigenvalue weighted by atomic mass is 10.0. The molecule has 1 heterocycles. The predicted molar refractivity (Wildman–Crippen MR) is 88.6 cm³/mol. The second kappa shape index (κ2) is 7.39. The largest absolute Gasteiger partial charge is 0.380 e. The normalized spacial score (nSPS) is 20.1. The second-order valence-corrected chi connectivity index (χ2v) is 7.08. The Kier molecular flexibility index (Phi) is 5.80. The molecule has 2 rings (SSSR count). The maximum Gasteiger partial charge on any atom is 0.0710 e. The summed E-state index contributed by atoms with van der Waals surface area (Å²) < 4.78 is 5.46. The van der Waals surface area contributed by atoms with Gasteiger partial charge >= 0.3 is 0 Å². The Morgan fingerprint density at radius 1 is 1.24 bits per heavy atom. The van der Waals surface area contributed by atoms with E-state index in [9.17, 15) is 0 Å². The molecule has 0 aromatic heterocycles. The maximum atomic E-state index is 5.46. The third kappa shape index (κ3) is 5.42. The Hall–Kier alpha value is -0.900. The van der Waals surface area contributed by atoms with E-state index >= 15 is 0 Å². The van der Waals surface area contributed by atoms with Gasteiger partial charge in [-0.2, -0.15) is 0 Å². The summed E-state index contributed by atoms with van der Waals surface area (Å²) in [7, 11) is 1.82. The van der Waals surface area contributed by atoms with Crippen molar-refractivity contribution in [3.05, 3.63) is 35.4 Å². The summed E-state index contributed by atoms with van der Waals surface area (Å²) in [5.74, 6) is 0. The van der Waals surface area contributed by atoms with Crippen molar-refractivity contribution < 1.29 is 4.74 Å². The van der Waals surface area contributed by atoms with Crippen LogP contribution in [0.15, 0.2) is 24.3 Å². The van der Waals surface area contributed by atoms with Crippen molar-refractivity contribution in [2.24, 2.45) is 0 Å². The van der Waals surface area contributed by atoms with Gasteiger partial charge in [-0.1, -0.05) is 24.3 Å². The number of hydrogen-bond donors (Lipinski definition) is 1. The average molecular weight is 290 g/mol. The summed E-state index contributed by atoms with van der Waals surface area (Å²) in [4.78, 5) is 2.50. The molecule has 3 nitrogen and oxygen atoms in total. The molecular weight excluding hydrogens is 260 g/mol. The molecule has 1 aliphatic rings. The molecule has 0 radical (unpaired) electrons. The van der Waals surface area contributed by atoms with E-state index in [1.807, 2.05) is 7.11 Å². The van der Waals surface area contributed by atoms with Crippen LogP contribution >= 0.6 is 0 Å². The molecule has 3 heteroatoms. The maximum absolute atomic E-state index is 5.46. The van der Waals surface area contributed by atoms with Gasteiger partial charge in [0, 0.05) is 32.3 Å². The number of methoxy groups -OCH3 is 1. The topological polar surface area (TPSA) is 24.5 Å². The molecule has 1 aromatic rings. The van der Waals surface area contributed by atoms with E-state index in [1.165, 1.54) is 11.1 Å². The minimum absolute atomic E-state index is 0.190. The van der Waals surface area contributed by atoms with Gasteiger partial charge in [-0.15, -0.1) is 0 Å². The standard InChI is InChI=1S/C18H30N2O/c1-18(2,3)19-11-9-15-7-5-6-8-16(15)13-20-12-10-17(14-20)21-4/h5-8,17,19H,9-14H2,1-4H3. The summed E-state index contributed by atoms with van der Waals surface area (Å²) in [6.45, 7) is 10.9. The highest BCUT2D eigenvalue weighted by molar-refractivity contribution is 5.27. The first-order chi connectivity index (χ1) is 9.98. The van der Waals surface area contributed by atoms with E-state index < -0.39 is 0 Å². The summed E-state index contributed by atoms with van der Waals surface area (Å²) in [6, 6.07) is 8.84. The van der Waals surface area contributed by atoms with Crippen molar-refractivity contribution in [1.29, 1.82) is 0 Å². The number of nitrogens with zero attached hydrogens (tertiary/aromatic N) is 1. The summed E-state index contributed by atoms with van der Waals surface area (Å²) in [6.07, 6.45) is 2.67. The fraction of sp³-hybridized carbons (Fsp3) is 0.667. The number of ether oxygens (including phenoxy) is 1. The smallest absolute Gasteiger partial charge is 0.0710 e. The quantitative estimate of drug-likeness (QED) is 0.872. The minimum Gasteiger partial charge on any atom is -0.380 e. The molecule has 0 aliphatic carbocycles. The Labute approximate surface area is 129 Å². The van der Waals surface area contributed by atoms with Crippen LogP contribution in [-0.2, 0) is 17.7 Å². The lowest BCUT2D eigenvalue weighted by molar-refractivity contribution is 0.107. The molecule has 1 unspecified atom stereocenters. The van der Waals surface area contributed by atoms with Gasteiger partial charge in [-0.05, 0) is 51.3 Å². The first-order valence-electron chi connectivity index (χ1n) is 8.05. The van der Waals surface area contributed by atoms with Gasteiger partial charge in [0.2, 0.25) is 0 Å². The SMILES string of the molecule is COC1CCN(Cc2ccccc2CCNC(C)(C)C)C1. The molecule has 0 spiro atoms. The van der Waals surface area contributed by atoms with E-state index in [2.05, 4.69) is 55.3 Å². The second-order valence-electron chi connectivity index (χ2n) is 7.08. The predicted octanol–water partition coefficient (Wildman–Crippen LogP) is 2.84. The van der Waals surface area contributed by atoms with Crippen LogP contribution < -0.4 is 5.32 Å². The molecular formula is C18H30N2O. The number of benzene rings is 1. The van der Waals surface area contributed by atoms with Gasteiger partial charge in [0.05, 0.1) is 6.10 Å². The fourth-order valence-corrected chi connectivity index (χ4v) is 2.90. The highest BCUT2D eigenvalue weighted by atomic mass is 16.5. The lowest BCUT2D eigenvalue weighted by Gasteiger charge is -2.22. The monoisotopic (exact) mass is 290 g/mol. The molecule has 21 heavy (non-hydrogen) atoms. The van der Waals surface area contributed by atoms with Crippen LogP contribution in [0.1, 0.15) is 38.3 Å². The van der Waals surface area contributed by atoms with Crippen LogP contribution in [0, 0.1) is 0 Å². The van der Waals surface area contributed by atoms with E-state index in [0.29, 0.717) is 6.10 Å². The van der Waals surface area contributed by atoms with Crippen molar-refractivity contribution in [3.63, 3.8) is 0 Å². The van der Waals surface area contributed by atoms with Gasteiger partial charge in [0.25, 0.3) is 0 Å². The van der Waals surface area contributed by atoms with Crippen molar-refractivity contribution in [1.82, 2.24) is 10.2 Å². The Bertz CT molecular complexity index is 439. The zero-order chi connectivity index (χ0) is 15.3. The number of rotatable bonds is 6. The van der Waals surface area contributed by atoms with E-state index in [0.717, 1.165) is 39.0 Å². The molecule has 0 amide bonds. The first kappa shape index (κ1) is 16.5. The molecule has 1 aromatic carbocycles. The van der Waals surface area contributed by atoms with E-state index in [1.54, 1.807) is 0 Å². The van der Waals surface area contributed by atoms with Crippen LogP contribution in [0.3, 0.4) is 0 Å². The molecule has 1 N–H and O–H groups in total. The highest BCUT2D eigenvalue weighted by Gasteiger charge is 2.22. The molecule has 1 fully saturated rings. The van der Waals surface area contributed by atoms with Gasteiger partial charge in [0.15, 0.2) is 0 Å². The number of hydrogen-bond acceptors (Lipinski definition) is 3. The van der Waals surface area contributed by atoms with Crippen molar-refractivity contribution in [2.75, 3.05) is 26.7 Å². The van der Waals surface area contributed by atoms with Crippen molar-refractivity contribution >= 4 is 0 Å². The van der Waals surface area contributed by atoms with Crippen LogP contribution in [0.25, 0.3) is 0 Å². The Morgan fingerprint density at radius 3 is 2.57 bits per heavy atom. The highest BCUT2D eigenvalue weighted by Crippen LogP contribution is 2.18. The number of nitrogens with one attached hydrogen (secondary N) is 1. The summed E-state index contributed by atoms with van der Waals surface area (Å²) in [5.41, 5.74) is 3.12. The lowest BCUT2D eigenvalue weighted by Crippen LogP contribution is -2.37. The summed E-state index contributed by atoms with van der Waals surface area (Å²) in [5, 5.41) is 3.57. The zero-order valence-electron chi connectivity index (χ0n) is 14.0. The zero-order valence-corrected chi connectivity index (χ0v) is 14.0. The number of likely N-dealkylation sites (tertiary alicyclic amines) is 1. The van der Waals surface area contributed by atoms with Crippen LogP contribution in [-0.4, -0.2) is 43.3 Å². The van der Waals surface area contributed by atoms with E-state index in [-0.39, 0.29) is 5.54 Å². The van der Waals surface area contributed by atoms with Gasteiger partial charge in [-0.3, -0.25) is 4.90 Å². The molecule has 0 bridgehead atoms. The van der Waals surface area contributed by atoms with Crippen LogP contribution in [0.4, 0.5) is 0 Å². The average Bonchev–Trinajstić information content (AvgIpc) is 2.87. The summed E-state index contributed by atoms with van der Waals surface area (Å²) >= 11 is 0. The Balaban J connectivity index is 1.91. The van der Waals surface area contributed by atoms with E-state index in [4.69, 9.17) is 4.74 Å². The molecule has 1 atom stereocenters. The molecule has 0 saturated carbocycles. The fourth-order valence-electron chi connectivity index (χ4n) is 2.90. The first-order valence-corrected chi connectivity index (χ1v) is 8.05. The molecule has 118 valence electrons. The minimum atomic E-state index is 0.190. The third-order valence-corrected chi connectivity index (χ3v) is 4.12. The molecule has 1 aliphatic heterocycles. The van der Waals surface area contributed by atoms with Gasteiger partial charge < -0.3 is 10.1 Å². The van der Waals surface area contributed by atoms with Gasteiger partial charge in [-0.25, -0.2) is 0 Å². The van der Waals surface area contributed by atoms with Crippen LogP contribution in [0.2, 0.25) is 0 Å². The Morgan fingerprint density at radius 2 is 1.95 bits per heavy atom. The van der Waals surface area contributed by atoms with Crippen molar-refractivity contribution in [2.45, 2.75) is 51.8 Å². The van der Waals surface area contributed by atoms with Crippen LogP contribution in [0.5, 0.6) is 0 Å². The third-order valence-electron chi connectivity index (χ3n) is 4.12. The van der Waals surface area contributed by atoms with Crippen molar-refractivity contribution in [3.8, 4) is 0 Å². The van der Waals surface area contributed by atoms with Gasteiger partial charge in [0.1, 0.15) is 0 Å². The molecule has 1 saturated heterocycles.